The SMILES string of the molecule is CN(C)Cc1cccc(CNC(=O)c2cccc([C@@H](CO)NC(=O)c3ccc(-c4cn[nH]c4)cc3)c2)c1.S. The summed E-state index contributed by atoms with van der Waals surface area (Å²) in [6.45, 7) is 0.925. The molecule has 0 saturated heterocycles. The summed E-state index contributed by atoms with van der Waals surface area (Å²) < 4.78 is 0. The van der Waals surface area contributed by atoms with E-state index < -0.39 is 6.04 Å². The van der Waals surface area contributed by atoms with E-state index in [1.165, 1.54) is 5.56 Å². The van der Waals surface area contributed by atoms with Crippen molar-refractivity contribution in [3.63, 3.8) is 0 Å². The lowest BCUT2D eigenvalue weighted by Crippen LogP contribution is -2.31. The molecule has 4 aromatic rings. The summed E-state index contributed by atoms with van der Waals surface area (Å²) in [7, 11) is 4.03. The molecule has 2 amide bonds. The summed E-state index contributed by atoms with van der Waals surface area (Å²) in [5.74, 6) is -0.539. The Hall–Kier alpha value is -3.92. The van der Waals surface area contributed by atoms with Crippen LogP contribution in [0, 0.1) is 0 Å². The second kappa shape index (κ2) is 13.6. The molecule has 1 heterocycles. The molecule has 4 rings (SSSR count). The van der Waals surface area contributed by atoms with Crippen LogP contribution < -0.4 is 10.6 Å². The number of nitrogens with one attached hydrogen (secondary N) is 3. The van der Waals surface area contributed by atoms with Crippen molar-refractivity contribution >= 4 is 25.3 Å². The first-order valence-electron chi connectivity index (χ1n) is 12.0. The molecule has 1 aromatic heterocycles. The number of aromatic nitrogens is 2. The van der Waals surface area contributed by atoms with Crippen molar-refractivity contribution in [3.05, 3.63) is 113 Å². The maximum atomic E-state index is 12.8. The molecule has 0 aliphatic rings. The van der Waals surface area contributed by atoms with Crippen LogP contribution in [0.2, 0.25) is 0 Å². The number of aliphatic hydroxyl groups is 1. The normalized spacial score (nSPS) is 11.5. The van der Waals surface area contributed by atoms with Gasteiger partial charge in [-0.3, -0.25) is 14.7 Å². The van der Waals surface area contributed by atoms with Gasteiger partial charge in [-0.05, 0) is 60.6 Å². The highest BCUT2D eigenvalue weighted by atomic mass is 32.1. The lowest BCUT2D eigenvalue weighted by molar-refractivity contribution is 0.0916. The van der Waals surface area contributed by atoms with Crippen molar-refractivity contribution in [2.75, 3.05) is 20.7 Å². The van der Waals surface area contributed by atoms with Crippen LogP contribution in [0.5, 0.6) is 0 Å². The van der Waals surface area contributed by atoms with Gasteiger partial charge in [0.1, 0.15) is 0 Å². The van der Waals surface area contributed by atoms with E-state index >= 15 is 0 Å². The molecule has 0 saturated carbocycles. The van der Waals surface area contributed by atoms with Gasteiger partial charge in [0.05, 0.1) is 18.8 Å². The minimum absolute atomic E-state index is 0. The molecule has 0 aliphatic heterocycles. The Bertz CT molecular complexity index is 1340. The summed E-state index contributed by atoms with van der Waals surface area (Å²) >= 11 is 0. The smallest absolute Gasteiger partial charge is 0.251 e. The maximum absolute atomic E-state index is 12.8. The van der Waals surface area contributed by atoms with Gasteiger partial charge in [-0.1, -0.05) is 48.5 Å². The number of H-pyrrole nitrogens is 1. The molecular weight excluding hydrogens is 498 g/mol. The van der Waals surface area contributed by atoms with Crippen LogP contribution in [-0.2, 0) is 13.1 Å². The van der Waals surface area contributed by atoms with Gasteiger partial charge in [0, 0.05) is 36.0 Å². The average molecular weight is 532 g/mol. The predicted octanol–water partition coefficient (Wildman–Crippen LogP) is 3.64. The zero-order valence-electron chi connectivity index (χ0n) is 21.4. The topological polar surface area (TPSA) is 110 Å². The molecule has 4 N–H and O–H groups in total. The average Bonchev–Trinajstić information content (AvgIpc) is 3.45. The number of rotatable bonds is 10. The molecule has 38 heavy (non-hydrogen) atoms. The number of carbonyl (C=O) groups excluding carboxylic acids is 2. The standard InChI is InChI=1S/C29H31N5O3.H2S/c1-34(2)18-21-6-3-5-20(13-21)15-30-28(36)25-8-4-7-24(14-25)27(19-35)33-29(37)23-11-9-22(10-12-23)26-16-31-32-17-26;/h3-14,16-17,27,35H,15,18-19H2,1-2H3,(H,30,36)(H,31,32)(H,33,37);1H2/t27-;/m1./s1. The van der Waals surface area contributed by atoms with Gasteiger partial charge in [-0.2, -0.15) is 18.6 Å². The van der Waals surface area contributed by atoms with E-state index in [0.29, 0.717) is 23.2 Å². The van der Waals surface area contributed by atoms with Crippen molar-refractivity contribution < 1.29 is 14.7 Å². The van der Waals surface area contributed by atoms with E-state index in [4.69, 9.17) is 0 Å². The van der Waals surface area contributed by atoms with Crippen LogP contribution in [0.3, 0.4) is 0 Å². The van der Waals surface area contributed by atoms with Crippen LogP contribution in [-0.4, -0.2) is 52.7 Å². The van der Waals surface area contributed by atoms with Crippen LogP contribution in [0.25, 0.3) is 11.1 Å². The number of aromatic amines is 1. The molecule has 1 atom stereocenters. The Morgan fingerprint density at radius 1 is 0.921 bits per heavy atom. The molecule has 0 fully saturated rings. The first-order valence-corrected chi connectivity index (χ1v) is 12.0. The van der Waals surface area contributed by atoms with Crippen molar-refractivity contribution in [2.24, 2.45) is 0 Å². The number of hydrogen-bond donors (Lipinski definition) is 4. The molecule has 0 unspecified atom stereocenters. The van der Waals surface area contributed by atoms with Gasteiger partial charge >= 0.3 is 0 Å². The fraction of sp³-hybridized carbons (Fsp3) is 0.207. The number of hydrogen-bond acceptors (Lipinski definition) is 5. The van der Waals surface area contributed by atoms with Gasteiger partial charge < -0.3 is 20.6 Å². The van der Waals surface area contributed by atoms with Crippen LogP contribution in [0.15, 0.2) is 85.2 Å². The van der Waals surface area contributed by atoms with Gasteiger partial charge in [0.2, 0.25) is 0 Å². The number of nitrogens with zero attached hydrogens (tertiary/aromatic N) is 2. The Labute approximate surface area is 229 Å². The van der Waals surface area contributed by atoms with E-state index in [1.54, 1.807) is 48.8 Å². The number of amides is 2. The van der Waals surface area contributed by atoms with Crippen molar-refractivity contribution in [1.82, 2.24) is 25.7 Å². The Balaban J connectivity index is 0.00000400. The van der Waals surface area contributed by atoms with E-state index in [9.17, 15) is 14.7 Å². The highest BCUT2D eigenvalue weighted by Crippen LogP contribution is 2.19. The molecule has 3 aromatic carbocycles. The van der Waals surface area contributed by atoms with E-state index in [1.807, 2.05) is 38.4 Å². The lowest BCUT2D eigenvalue weighted by atomic mass is 10.0. The third-order valence-corrected chi connectivity index (χ3v) is 5.96. The fourth-order valence-corrected chi connectivity index (χ4v) is 4.08. The molecule has 9 heteroatoms. The van der Waals surface area contributed by atoms with E-state index in [2.05, 4.69) is 37.9 Å². The van der Waals surface area contributed by atoms with E-state index in [-0.39, 0.29) is 31.9 Å². The van der Waals surface area contributed by atoms with Crippen LogP contribution >= 0.6 is 13.5 Å². The monoisotopic (exact) mass is 531 g/mol. The van der Waals surface area contributed by atoms with Crippen LogP contribution in [0.1, 0.15) is 43.4 Å². The molecule has 0 radical (unpaired) electrons. The largest absolute Gasteiger partial charge is 0.394 e. The number of carbonyl (C=O) groups is 2. The van der Waals surface area contributed by atoms with Gasteiger partial charge in [-0.15, -0.1) is 0 Å². The zero-order valence-corrected chi connectivity index (χ0v) is 22.4. The van der Waals surface area contributed by atoms with E-state index in [0.717, 1.165) is 23.2 Å². The van der Waals surface area contributed by atoms with Crippen molar-refractivity contribution in [1.29, 1.82) is 0 Å². The minimum atomic E-state index is -0.656. The second-order valence-electron chi connectivity index (χ2n) is 9.14. The summed E-state index contributed by atoms with van der Waals surface area (Å²) in [6, 6.07) is 21.5. The fourth-order valence-electron chi connectivity index (χ4n) is 4.08. The third-order valence-electron chi connectivity index (χ3n) is 5.96. The third kappa shape index (κ3) is 7.55. The van der Waals surface area contributed by atoms with Gasteiger partial charge in [0.25, 0.3) is 11.8 Å². The predicted molar refractivity (Wildman–Crippen MR) is 153 cm³/mol. The minimum Gasteiger partial charge on any atom is -0.394 e. The summed E-state index contributed by atoms with van der Waals surface area (Å²) in [6.07, 6.45) is 3.49. The Morgan fingerprint density at radius 3 is 2.34 bits per heavy atom. The lowest BCUT2D eigenvalue weighted by Gasteiger charge is -2.18. The summed E-state index contributed by atoms with van der Waals surface area (Å²) in [5.41, 5.74) is 5.63. The Kier molecular flexibility index (Phi) is 10.2. The maximum Gasteiger partial charge on any atom is 0.251 e. The molecule has 0 aliphatic carbocycles. The summed E-state index contributed by atoms with van der Waals surface area (Å²) in [4.78, 5) is 27.8. The Morgan fingerprint density at radius 2 is 1.66 bits per heavy atom. The molecule has 0 spiro atoms. The first kappa shape index (κ1) is 28.6. The molecular formula is C29H33N5O3S. The van der Waals surface area contributed by atoms with Gasteiger partial charge in [-0.25, -0.2) is 0 Å². The molecule has 0 bridgehead atoms. The highest BCUT2D eigenvalue weighted by Gasteiger charge is 2.17. The molecule has 8 nitrogen and oxygen atoms in total. The zero-order chi connectivity index (χ0) is 26.2. The van der Waals surface area contributed by atoms with Crippen molar-refractivity contribution in [2.45, 2.75) is 19.1 Å². The van der Waals surface area contributed by atoms with Crippen molar-refractivity contribution in [3.8, 4) is 11.1 Å². The quantitative estimate of drug-likeness (QED) is 0.250. The first-order chi connectivity index (χ1) is 17.9. The second-order valence-corrected chi connectivity index (χ2v) is 9.14. The van der Waals surface area contributed by atoms with Gasteiger partial charge in [0.15, 0.2) is 0 Å². The van der Waals surface area contributed by atoms with Crippen LogP contribution in [0.4, 0.5) is 0 Å². The highest BCUT2D eigenvalue weighted by molar-refractivity contribution is 7.59. The number of aliphatic hydroxyl groups excluding tert-OH is 1. The number of benzene rings is 3. The summed E-state index contributed by atoms with van der Waals surface area (Å²) in [5, 5.41) is 22.5. The molecule has 198 valence electrons.